The van der Waals surface area contributed by atoms with Crippen LogP contribution in [0.2, 0.25) is 0 Å². The standard InChI is InChI=1S/C13H18FNO2/c1-4-8-13(3,12(16)17)15-11-7-5-6-10(14)9(11)2/h5-7,15H,4,8H2,1-3H3,(H,16,17). The Morgan fingerprint density at radius 2 is 2.18 bits per heavy atom. The summed E-state index contributed by atoms with van der Waals surface area (Å²) in [4.78, 5) is 11.3. The number of nitrogens with one attached hydrogen (secondary N) is 1. The molecule has 4 heteroatoms. The van der Waals surface area contributed by atoms with Crippen LogP contribution in [0.3, 0.4) is 0 Å². The van der Waals surface area contributed by atoms with Gasteiger partial charge in [-0.1, -0.05) is 19.4 Å². The lowest BCUT2D eigenvalue weighted by atomic mass is 9.95. The molecule has 1 rings (SSSR count). The number of anilines is 1. The van der Waals surface area contributed by atoms with Gasteiger partial charge in [-0.15, -0.1) is 0 Å². The van der Waals surface area contributed by atoms with Crippen LogP contribution >= 0.6 is 0 Å². The quantitative estimate of drug-likeness (QED) is 0.829. The number of carboxylic acid groups (broad SMARTS) is 1. The van der Waals surface area contributed by atoms with Crippen LogP contribution in [0, 0.1) is 12.7 Å². The summed E-state index contributed by atoms with van der Waals surface area (Å²) >= 11 is 0. The third-order valence-electron chi connectivity index (χ3n) is 2.90. The van der Waals surface area contributed by atoms with Crippen molar-refractivity contribution in [2.45, 2.75) is 39.2 Å². The third-order valence-corrected chi connectivity index (χ3v) is 2.90. The monoisotopic (exact) mass is 239 g/mol. The number of carbonyl (C=O) groups is 1. The Kier molecular flexibility index (Phi) is 4.10. The summed E-state index contributed by atoms with van der Waals surface area (Å²) in [5.41, 5.74) is -0.0905. The van der Waals surface area contributed by atoms with E-state index in [1.165, 1.54) is 6.07 Å². The number of aliphatic carboxylic acids is 1. The van der Waals surface area contributed by atoms with E-state index in [-0.39, 0.29) is 5.82 Å². The first kappa shape index (κ1) is 13.5. The summed E-state index contributed by atoms with van der Waals surface area (Å²) in [7, 11) is 0. The Hall–Kier alpha value is -1.58. The Morgan fingerprint density at radius 1 is 1.53 bits per heavy atom. The minimum absolute atomic E-state index is 0.334. The summed E-state index contributed by atoms with van der Waals surface area (Å²) < 4.78 is 13.4. The van der Waals surface area contributed by atoms with E-state index in [1.54, 1.807) is 26.0 Å². The van der Waals surface area contributed by atoms with Crippen molar-refractivity contribution in [2.75, 3.05) is 5.32 Å². The van der Waals surface area contributed by atoms with Gasteiger partial charge >= 0.3 is 5.97 Å². The first-order valence-corrected chi connectivity index (χ1v) is 5.67. The smallest absolute Gasteiger partial charge is 0.329 e. The summed E-state index contributed by atoms with van der Waals surface area (Å²) in [6.45, 7) is 5.16. The van der Waals surface area contributed by atoms with Gasteiger partial charge in [-0.2, -0.15) is 0 Å². The molecule has 0 fully saturated rings. The van der Waals surface area contributed by atoms with E-state index in [4.69, 9.17) is 0 Å². The zero-order chi connectivity index (χ0) is 13.1. The summed E-state index contributed by atoms with van der Waals surface area (Å²) in [5, 5.41) is 12.2. The van der Waals surface area contributed by atoms with E-state index < -0.39 is 11.5 Å². The van der Waals surface area contributed by atoms with Crippen LogP contribution in [0.1, 0.15) is 32.3 Å². The highest BCUT2D eigenvalue weighted by molar-refractivity contribution is 5.82. The topological polar surface area (TPSA) is 49.3 Å². The Labute approximate surface area is 101 Å². The molecule has 2 N–H and O–H groups in total. The Balaban J connectivity index is 3.02. The van der Waals surface area contributed by atoms with E-state index in [0.717, 1.165) is 6.42 Å². The average Bonchev–Trinajstić information content (AvgIpc) is 2.25. The first-order valence-electron chi connectivity index (χ1n) is 5.67. The molecular formula is C13H18FNO2. The number of benzene rings is 1. The number of halogens is 1. The molecule has 1 atom stereocenters. The molecule has 17 heavy (non-hydrogen) atoms. The van der Waals surface area contributed by atoms with Gasteiger partial charge in [-0.05, 0) is 32.4 Å². The zero-order valence-electron chi connectivity index (χ0n) is 10.4. The molecule has 0 radical (unpaired) electrons. The molecule has 0 amide bonds. The van der Waals surface area contributed by atoms with Gasteiger partial charge < -0.3 is 10.4 Å². The lowest BCUT2D eigenvalue weighted by molar-refractivity contribution is -0.141. The van der Waals surface area contributed by atoms with Gasteiger partial charge in [0, 0.05) is 11.3 Å². The van der Waals surface area contributed by atoms with E-state index in [2.05, 4.69) is 5.32 Å². The van der Waals surface area contributed by atoms with Gasteiger partial charge in [0.2, 0.25) is 0 Å². The molecule has 94 valence electrons. The fourth-order valence-electron chi connectivity index (χ4n) is 1.76. The normalized spacial score (nSPS) is 14.1. The number of rotatable bonds is 5. The Morgan fingerprint density at radius 3 is 2.71 bits per heavy atom. The SMILES string of the molecule is CCCC(C)(Nc1cccc(F)c1C)C(=O)O. The molecule has 0 aliphatic heterocycles. The molecule has 0 saturated heterocycles. The van der Waals surface area contributed by atoms with Gasteiger partial charge in [-0.3, -0.25) is 0 Å². The molecule has 1 aromatic rings. The molecule has 0 bridgehead atoms. The second kappa shape index (κ2) is 5.17. The highest BCUT2D eigenvalue weighted by atomic mass is 19.1. The Bertz CT molecular complexity index is 420. The number of hydrogen-bond acceptors (Lipinski definition) is 2. The van der Waals surface area contributed by atoms with Crippen LogP contribution in [0.4, 0.5) is 10.1 Å². The highest BCUT2D eigenvalue weighted by Crippen LogP contribution is 2.24. The predicted molar refractivity (Wildman–Crippen MR) is 65.7 cm³/mol. The van der Waals surface area contributed by atoms with Crippen molar-refractivity contribution in [2.24, 2.45) is 0 Å². The van der Waals surface area contributed by atoms with Crippen molar-refractivity contribution in [1.82, 2.24) is 0 Å². The zero-order valence-corrected chi connectivity index (χ0v) is 10.4. The summed E-state index contributed by atoms with van der Waals surface area (Å²) in [6.07, 6.45) is 1.22. The molecule has 0 heterocycles. The molecule has 0 saturated carbocycles. The number of hydrogen-bond donors (Lipinski definition) is 2. The maximum atomic E-state index is 13.4. The molecule has 0 aliphatic rings. The molecule has 3 nitrogen and oxygen atoms in total. The van der Waals surface area contributed by atoms with Gasteiger partial charge in [-0.25, -0.2) is 9.18 Å². The number of carboxylic acids is 1. The van der Waals surface area contributed by atoms with Crippen LogP contribution in [0.5, 0.6) is 0 Å². The van der Waals surface area contributed by atoms with E-state index >= 15 is 0 Å². The van der Waals surface area contributed by atoms with Crippen LogP contribution in [-0.2, 0) is 4.79 Å². The van der Waals surface area contributed by atoms with Crippen LogP contribution in [-0.4, -0.2) is 16.6 Å². The van der Waals surface area contributed by atoms with Gasteiger partial charge in [0.05, 0.1) is 0 Å². The van der Waals surface area contributed by atoms with E-state index in [1.807, 2.05) is 6.92 Å². The van der Waals surface area contributed by atoms with Crippen molar-refractivity contribution < 1.29 is 14.3 Å². The van der Waals surface area contributed by atoms with Gasteiger partial charge in [0.1, 0.15) is 11.4 Å². The van der Waals surface area contributed by atoms with Gasteiger partial charge in [0.25, 0.3) is 0 Å². The first-order chi connectivity index (χ1) is 7.90. The maximum absolute atomic E-state index is 13.4. The minimum Gasteiger partial charge on any atom is -0.480 e. The van der Waals surface area contributed by atoms with Crippen molar-refractivity contribution in [3.8, 4) is 0 Å². The third kappa shape index (κ3) is 2.96. The maximum Gasteiger partial charge on any atom is 0.329 e. The van der Waals surface area contributed by atoms with Crippen molar-refractivity contribution in [3.63, 3.8) is 0 Å². The molecule has 0 spiro atoms. The van der Waals surface area contributed by atoms with Crippen LogP contribution < -0.4 is 5.32 Å². The fraction of sp³-hybridized carbons (Fsp3) is 0.462. The van der Waals surface area contributed by atoms with Gasteiger partial charge in [0.15, 0.2) is 0 Å². The van der Waals surface area contributed by atoms with Crippen LogP contribution in [0.25, 0.3) is 0 Å². The fourth-order valence-corrected chi connectivity index (χ4v) is 1.76. The van der Waals surface area contributed by atoms with Crippen molar-refractivity contribution in [1.29, 1.82) is 0 Å². The lowest BCUT2D eigenvalue weighted by Gasteiger charge is -2.28. The molecule has 1 unspecified atom stereocenters. The second-order valence-corrected chi connectivity index (χ2v) is 4.42. The summed E-state index contributed by atoms with van der Waals surface area (Å²) in [6, 6.07) is 4.62. The average molecular weight is 239 g/mol. The largest absolute Gasteiger partial charge is 0.480 e. The minimum atomic E-state index is -1.06. The summed E-state index contributed by atoms with van der Waals surface area (Å²) in [5.74, 6) is -1.26. The molecule has 1 aromatic carbocycles. The second-order valence-electron chi connectivity index (χ2n) is 4.42. The predicted octanol–water partition coefficient (Wildman–Crippen LogP) is 3.19. The van der Waals surface area contributed by atoms with Crippen molar-refractivity contribution in [3.05, 3.63) is 29.6 Å². The molecule has 0 aromatic heterocycles. The van der Waals surface area contributed by atoms with E-state index in [0.29, 0.717) is 17.7 Å². The van der Waals surface area contributed by atoms with Crippen LogP contribution in [0.15, 0.2) is 18.2 Å². The highest BCUT2D eigenvalue weighted by Gasteiger charge is 2.32. The van der Waals surface area contributed by atoms with Crippen molar-refractivity contribution >= 4 is 11.7 Å². The lowest BCUT2D eigenvalue weighted by Crippen LogP contribution is -2.43. The van der Waals surface area contributed by atoms with E-state index in [9.17, 15) is 14.3 Å². The molecule has 0 aliphatic carbocycles. The molecular weight excluding hydrogens is 221 g/mol.